The SMILES string of the molecule is N#CC(C(=S)S)c1ccccc1.[NaH].[NaH]. The van der Waals surface area contributed by atoms with Gasteiger partial charge in [-0.25, -0.2) is 0 Å². The average Bonchev–Trinajstić information content (AvgIpc) is 2.07. The van der Waals surface area contributed by atoms with Gasteiger partial charge in [0.25, 0.3) is 0 Å². The first kappa shape index (κ1) is 17.5. The fourth-order valence-corrected chi connectivity index (χ4v) is 1.31. The third kappa shape index (κ3) is 5.29. The van der Waals surface area contributed by atoms with Crippen LogP contribution >= 0.6 is 24.8 Å². The molecule has 0 amide bonds. The molecule has 1 nitrogen and oxygen atoms in total. The molecule has 1 rings (SSSR count). The average molecular weight is 241 g/mol. The van der Waals surface area contributed by atoms with Crippen molar-refractivity contribution in [2.75, 3.05) is 0 Å². The van der Waals surface area contributed by atoms with Crippen LogP contribution in [0.15, 0.2) is 30.3 Å². The number of hydrogen-bond donors (Lipinski definition) is 1. The Balaban J connectivity index is 0. The van der Waals surface area contributed by atoms with Crippen LogP contribution in [0.2, 0.25) is 0 Å². The molecule has 5 heteroatoms. The van der Waals surface area contributed by atoms with Crippen LogP contribution in [0.5, 0.6) is 0 Å². The van der Waals surface area contributed by atoms with E-state index in [-0.39, 0.29) is 65.0 Å². The molecule has 0 aromatic heterocycles. The maximum atomic E-state index is 8.76. The Kier molecular flexibility index (Phi) is 11.8. The standard InChI is InChI=1S/C9H7NS2.2Na.2H/c10-6-8(9(11)12)7-4-2-1-3-5-7;;;;/h1-5,8H,(H,11,12);;;;. The van der Waals surface area contributed by atoms with Crippen molar-refractivity contribution in [3.63, 3.8) is 0 Å². The Morgan fingerprint density at radius 1 is 1.29 bits per heavy atom. The van der Waals surface area contributed by atoms with Crippen LogP contribution in [-0.4, -0.2) is 63.3 Å². The molecule has 0 saturated carbocycles. The number of hydrogen-bond acceptors (Lipinski definition) is 2. The summed E-state index contributed by atoms with van der Waals surface area (Å²) in [6, 6.07) is 11.5. The van der Waals surface area contributed by atoms with Gasteiger partial charge in [-0.15, -0.1) is 12.6 Å². The summed E-state index contributed by atoms with van der Waals surface area (Å²) in [5.41, 5.74) is 0.903. The Hall–Kier alpha value is 1.15. The quantitative estimate of drug-likeness (QED) is 0.479. The van der Waals surface area contributed by atoms with Gasteiger partial charge in [0.05, 0.1) is 10.3 Å². The van der Waals surface area contributed by atoms with Crippen LogP contribution in [0.1, 0.15) is 11.5 Å². The molecule has 0 aliphatic heterocycles. The Morgan fingerprint density at radius 2 is 1.79 bits per heavy atom. The van der Waals surface area contributed by atoms with Crippen LogP contribution in [0.3, 0.4) is 0 Å². The summed E-state index contributed by atoms with van der Waals surface area (Å²) in [4.78, 5) is 0. The Labute approximate surface area is 139 Å². The van der Waals surface area contributed by atoms with E-state index < -0.39 is 0 Å². The molecule has 1 aromatic rings. The van der Waals surface area contributed by atoms with E-state index in [0.29, 0.717) is 4.20 Å². The van der Waals surface area contributed by atoms with E-state index in [4.69, 9.17) is 17.5 Å². The van der Waals surface area contributed by atoms with Crippen LogP contribution < -0.4 is 0 Å². The van der Waals surface area contributed by atoms with Crippen molar-refractivity contribution < 1.29 is 0 Å². The number of nitrogens with zero attached hydrogens (tertiary/aromatic N) is 1. The second-order valence-corrected chi connectivity index (χ2v) is 3.54. The molecule has 14 heavy (non-hydrogen) atoms. The second kappa shape index (κ2) is 9.38. The summed E-state index contributed by atoms with van der Waals surface area (Å²) in [7, 11) is 0. The predicted octanol–water partition coefficient (Wildman–Crippen LogP) is 1.25. The molecule has 0 radical (unpaired) electrons. The zero-order valence-electron chi connectivity index (χ0n) is 6.27. The van der Waals surface area contributed by atoms with Crippen LogP contribution in [-0.2, 0) is 0 Å². The van der Waals surface area contributed by atoms with Crippen molar-refractivity contribution >= 4 is 88.2 Å². The molecule has 64 valence electrons. The maximum absolute atomic E-state index is 8.76. The molecule has 0 saturated heterocycles. The van der Waals surface area contributed by atoms with Gasteiger partial charge in [0.2, 0.25) is 0 Å². The molecule has 0 N–H and O–H groups in total. The monoisotopic (exact) mass is 241 g/mol. The van der Waals surface area contributed by atoms with Crippen molar-refractivity contribution in [1.29, 1.82) is 5.26 Å². The number of thiol groups is 1. The van der Waals surface area contributed by atoms with Gasteiger partial charge in [-0.1, -0.05) is 42.5 Å². The molecular weight excluding hydrogens is 232 g/mol. The van der Waals surface area contributed by atoms with E-state index in [9.17, 15) is 0 Å². The summed E-state index contributed by atoms with van der Waals surface area (Å²) in [5.74, 6) is -0.371. The van der Waals surface area contributed by atoms with E-state index >= 15 is 0 Å². The van der Waals surface area contributed by atoms with Crippen molar-refractivity contribution in [3.8, 4) is 6.07 Å². The van der Waals surface area contributed by atoms with Crippen molar-refractivity contribution in [2.24, 2.45) is 0 Å². The van der Waals surface area contributed by atoms with E-state index in [0.717, 1.165) is 5.56 Å². The minimum absolute atomic E-state index is 0. The van der Waals surface area contributed by atoms with Gasteiger partial charge in [-0.3, -0.25) is 0 Å². The van der Waals surface area contributed by atoms with Gasteiger partial charge in [0.15, 0.2) is 0 Å². The first-order chi connectivity index (χ1) is 5.75. The Morgan fingerprint density at radius 3 is 2.14 bits per heavy atom. The number of rotatable bonds is 2. The molecule has 0 aliphatic carbocycles. The first-order valence-corrected chi connectivity index (χ1v) is 4.28. The van der Waals surface area contributed by atoms with Gasteiger partial charge < -0.3 is 0 Å². The van der Waals surface area contributed by atoms with Crippen molar-refractivity contribution in [3.05, 3.63) is 35.9 Å². The topological polar surface area (TPSA) is 23.8 Å². The van der Waals surface area contributed by atoms with Crippen LogP contribution in [0.4, 0.5) is 0 Å². The van der Waals surface area contributed by atoms with Crippen molar-refractivity contribution in [1.82, 2.24) is 0 Å². The third-order valence-corrected chi connectivity index (χ3v) is 2.00. The fraction of sp³-hybridized carbons (Fsp3) is 0.111. The zero-order chi connectivity index (χ0) is 8.97. The van der Waals surface area contributed by atoms with E-state index in [1.807, 2.05) is 30.3 Å². The molecule has 0 bridgehead atoms. The van der Waals surface area contributed by atoms with E-state index in [2.05, 4.69) is 18.7 Å². The predicted molar refractivity (Wildman–Crippen MR) is 70.7 cm³/mol. The molecule has 0 aliphatic rings. The van der Waals surface area contributed by atoms with Crippen LogP contribution in [0, 0.1) is 11.3 Å². The second-order valence-electron chi connectivity index (χ2n) is 2.31. The molecule has 0 spiro atoms. The zero-order valence-corrected chi connectivity index (χ0v) is 7.98. The van der Waals surface area contributed by atoms with Gasteiger partial charge in [0.1, 0.15) is 5.92 Å². The molecule has 1 unspecified atom stereocenters. The molecular formula is C9H9NNa2S2. The van der Waals surface area contributed by atoms with Gasteiger partial charge >= 0.3 is 59.1 Å². The number of nitriles is 1. The number of benzene rings is 1. The van der Waals surface area contributed by atoms with Gasteiger partial charge in [-0.05, 0) is 5.56 Å². The normalized spacial score (nSPS) is 10.0. The summed E-state index contributed by atoms with van der Waals surface area (Å²) < 4.78 is 0.420. The van der Waals surface area contributed by atoms with Crippen molar-refractivity contribution in [2.45, 2.75) is 5.92 Å². The van der Waals surface area contributed by atoms with E-state index in [1.54, 1.807) is 0 Å². The summed E-state index contributed by atoms with van der Waals surface area (Å²) in [6.45, 7) is 0. The molecule has 1 atom stereocenters. The van der Waals surface area contributed by atoms with Gasteiger partial charge in [0, 0.05) is 0 Å². The van der Waals surface area contributed by atoms with E-state index in [1.165, 1.54) is 0 Å². The molecule has 0 heterocycles. The summed E-state index contributed by atoms with van der Waals surface area (Å²) in [6.07, 6.45) is 0. The molecule has 1 aromatic carbocycles. The fourth-order valence-electron chi connectivity index (χ4n) is 0.918. The Bertz CT molecular complexity index is 321. The summed E-state index contributed by atoms with van der Waals surface area (Å²) >= 11 is 8.83. The minimum atomic E-state index is -0.371. The molecule has 0 fully saturated rings. The van der Waals surface area contributed by atoms with Crippen LogP contribution in [0.25, 0.3) is 0 Å². The number of thiocarbonyl (C=S) groups is 1. The first-order valence-electron chi connectivity index (χ1n) is 3.43. The third-order valence-electron chi connectivity index (χ3n) is 1.51. The summed E-state index contributed by atoms with van der Waals surface area (Å²) in [5, 5.41) is 8.76. The van der Waals surface area contributed by atoms with Gasteiger partial charge in [-0.2, -0.15) is 5.26 Å².